The molecule has 2 saturated carbocycles. The number of hydrogen-bond donors (Lipinski definition) is 2. The first-order chi connectivity index (χ1) is 10.2. The monoisotopic (exact) mass is 295 g/mol. The van der Waals surface area contributed by atoms with Gasteiger partial charge in [-0.1, -0.05) is 32.1 Å². The van der Waals surface area contributed by atoms with Crippen LogP contribution in [-0.4, -0.2) is 23.5 Å². The third-order valence-corrected chi connectivity index (χ3v) is 5.26. The molecule has 0 bridgehead atoms. The van der Waals surface area contributed by atoms with Crippen molar-refractivity contribution in [3.05, 3.63) is 0 Å². The number of amides is 1. The van der Waals surface area contributed by atoms with Gasteiger partial charge in [-0.05, 0) is 44.4 Å². The van der Waals surface area contributed by atoms with Crippen LogP contribution in [0, 0.1) is 17.8 Å². The minimum Gasteiger partial charge on any atom is -0.481 e. The first-order valence-corrected chi connectivity index (χ1v) is 8.67. The zero-order valence-corrected chi connectivity index (χ0v) is 13.0. The second-order valence-electron chi connectivity index (χ2n) is 6.82. The van der Waals surface area contributed by atoms with E-state index in [0.717, 1.165) is 31.7 Å². The number of carboxylic acids is 1. The average Bonchev–Trinajstić information content (AvgIpc) is 2.52. The van der Waals surface area contributed by atoms with Gasteiger partial charge in [0.05, 0.1) is 5.92 Å². The molecule has 2 aliphatic rings. The summed E-state index contributed by atoms with van der Waals surface area (Å²) < 4.78 is 0. The summed E-state index contributed by atoms with van der Waals surface area (Å²) in [6, 6.07) is 0. The predicted octanol–water partition coefficient (Wildman–Crippen LogP) is 3.35. The maximum atomic E-state index is 12.1. The SMILES string of the molecule is O=C(O)C1CCC(C(=O)NCCCC2CCCCC2)CC1. The van der Waals surface area contributed by atoms with E-state index >= 15 is 0 Å². The molecule has 0 aliphatic heterocycles. The van der Waals surface area contributed by atoms with Crippen LogP contribution in [0.5, 0.6) is 0 Å². The lowest BCUT2D eigenvalue weighted by atomic mass is 9.81. The molecular formula is C17H29NO3. The molecule has 0 spiro atoms. The molecule has 21 heavy (non-hydrogen) atoms. The van der Waals surface area contributed by atoms with E-state index in [1.807, 2.05) is 0 Å². The Balaban J connectivity index is 1.56. The number of aliphatic carboxylic acids is 1. The summed E-state index contributed by atoms with van der Waals surface area (Å²) in [5.41, 5.74) is 0. The Kier molecular flexibility index (Phi) is 6.52. The highest BCUT2D eigenvalue weighted by Crippen LogP contribution is 2.29. The summed E-state index contributed by atoms with van der Waals surface area (Å²) in [4.78, 5) is 23.0. The van der Waals surface area contributed by atoms with Crippen molar-refractivity contribution in [3.63, 3.8) is 0 Å². The van der Waals surface area contributed by atoms with E-state index < -0.39 is 5.97 Å². The van der Waals surface area contributed by atoms with Gasteiger partial charge in [0, 0.05) is 12.5 Å². The van der Waals surface area contributed by atoms with E-state index in [1.165, 1.54) is 38.5 Å². The molecule has 0 aromatic heterocycles. The lowest BCUT2D eigenvalue weighted by Crippen LogP contribution is -2.35. The van der Waals surface area contributed by atoms with Crippen molar-refractivity contribution in [2.75, 3.05) is 6.54 Å². The molecule has 0 saturated heterocycles. The van der Waals surface area contributed by atoms with Crippen LogP contribution in [0.25, 0.3) is 0 Å². The number of rotatable bonds is 6. The van der Waals surface area contributed by atoms with Crippen LogP contribution in [0.4, 0.5) is 0 Å². The van der Waals surface area contributed by atoms with E-state index in [0.29, 0.717) is 12.8 Å². The molecular weight excluding hydrogens is 266 g/mol. The van der Waals surface area contributed by atoms with E-state index in [9.17, 15) is 9.59 Å². The van der Waals surface area contributed by atoms with Crippen LogP contribution in [0.15, 0.2) is 0 Å². The Morgan fingerprint density at radius 1 is 0.905 bits per heavy atom. The highest BCUT2D eigenvalue weighted by atomic mass is 16.4. The molecule has 120 valence electrons. The maximum Gasteiger partial charge on any atom is 0.306 e. The molecule has 0 atom stereocenters. The molecule has 0 aromatic rings. The second-order valence-corrected chi connectivity index (χ2v) is 6.82. The van der Waals surface area contributed by atoms with Gasteiger partial charge >= 0.3 is 5.97 Å². The molecule has 0 heterocycles. The van der Waals surface area contributed by atoms with Crippen molar-refractivity contribution in [2.24, 2.45) is 17.8 Å². The van der Waals surface area contributed by atoms with Crippen molar-refractivity contribution >= 4 is 11.9 Å². The van der Waals surface area contributed by atoms with Crippen LogP contribution in [0.2, 0.25) is 0 Å². The Morgan fingerprint density at radius 3 is 2.14 bits per heavy atom. The zero-order valence-electron chi connectivity index (χ0n) is 13.0. The van der Waals surface area contributed by atoms with E-state index in [2.05, 4.69) is 5.32 Å². The van der Waals surface area contributed by atoms with Crippen molar-refractivity contribution in [3.8, 4) is 0 Å². The minimum absolute atomic E-state index is 0.0373. The quantitative estimate of drug-likeness (QED) is 0.738. The Morgan fingerprint density at radius 2 is 1.52 bits per heavy atom. The fourth-order valence-corrected chi connectivity index (χ4v) is 3.83. The standard InChI is InChI=1S/C17H29NO3/c19-16(14-8-10-15(11-9-14)17(20)21)18-12-4-7-13-5-2-1-3-6-13/h13-15H,1-12H2,(H,18,19)(H,20,21). The number of carboxylic acid groups (broad SMARTS) is 1. The van der Waals surface area contributed by atoms with Gasteiger partial charge in [0.2, 0.25) is 5.91 Å². The molecule has 0 unspecified atom stereocenters. The van der Waals surface area contributed by atoms with Gasteiger partial charge in [-0.25, -0.2) is 0 Å². The summed E-state index contributed by atoms with van der Waals surface area (Å²) in [6.07, 6.45) is 12.0. The fraction of sp³-hybridized carbons (Fsp3) is 0.882. The first kappa shape index (κ1) is 16.3. The minimum atomic E-state index is -0.707. The first-order valence-electron chi connectivity index (χ1n) is 8.67. The largest absolute Gasteiger partial charge is 0.481 e. The van der Waals surface area contributed by atoms with Gasteiger partial charge in [0.25, 0.3) is 0 Å². The van der Waals surface area contributed by atoms with Crippen molar-refractivity contribution in [1.29, 1.82) is 0 Å². The van der Waals surface area contributed by atoms with Gasteiger partial charge in [-0.2, -0.15) is 0 Å². The van der Waals surface area contributed by atoms with Gasteiger partial charge in [0.15, 0.2) is 0 Å². The van der Waals surface area contributed by atoms with E-state index in [-0.39, 0.29) is 17.7 Å². The molecule has 2 rings (SSSR count). The summed E-state index contributed by atoms with van der Waals surface area (Å²) in [7, 11) is 0. The zero-order chi connectivity index (χ0) is 15.1. The molecule has 4 heteroatoms. The highest BCUT2D eigenvalue weighted by Gasteiger charge is 2.29. The smallest absolute Gasteiger partial charge is 0.306 e. The van der Waals surface area contributed by atoms with Gasteiger partial charge in [0.1, 0.15) is 0 Å². The number of nitrogens with one attached hydrogen (secondary N) is 1. The summed E-state index contributed by atoms with van der Waals surface area (Å²) in [5, 5.41) is 12.0. The molecule has 0 aromatic carbocycles. The number of carbonyl (C=O) groups excluding carboxylic acids is 1. The summed E-state index contributed by atoms with van der Waals surface area (Å²) in [6.45, 7) is 0.786. The van der Waals surface area contributed by atoms with Crippen molar-refractivity contribution in [2.45, 2.75) is 70.6 Å². The van der Waals surface area contributed by atoms with Crippen LogP contribution in [0.3, 0.4) is 0 Å². The topological polar surface area (TPSA) is 66.4 Å². The number of hydrogen-bond acceptors (Lipinski definition) is 2. The fourth-order valence-electron chi connectivity index (χ4n) is 3.83. The summed E-state index contributed by atoms with van der Waals surface area (Å²) >= 11 is 0. The number of carbonyl (C=O) groups is 2. The van der Waals surface area contributed by atoms with E-state index in [4.69, 9.17) is 5.11 Å². The molecule has 2 N–H and O–H groups in total. The molecule has 0 radical (unpaired) electrons. The van der Waals surface area contributed by atoms with E-state index in [1.54, 1.807) is 0 Å². The van der Waals surface area contributed by atoms with Crippen LogP contribution in [-0.2, 0) is 9.59 Å². The third-order valence-electron chi connectivity index (χ3n) is 5.26. The third kappa shape index (κ3) is 5.33. The molecule has 4 nitrogen and oxygen atoms in total. The van der Waals surface area contributed by atoms with Gasteiger partial charge < -0.3 is 10.4 Å². The lowest BCUT2D eigenvalue weighted by molar-refractivity contribution is -0.144. The molecule has 2 aliphatic carbocycles. The Labute approximate surface area is 127 Å². The second kappa shape index (κ2) is 8.40. The normalized spacial score (nSPS) is 27.2. The molecule has 1 amide bonds. The van der Waals surface area contributed by atoms with Crippen LogP contribution < -0.4 is 5.32 Å². The lowest BCUT2D eigenvalue weighted by Gasteiger charge is -2.25. The Hall–Kier alpha value is -1.06. The highest BCUT2D eigenvalue weighted by molar-refractivity contribution is 5.79. The predicted molar refractivity (Wildman–Crippen MR) is 81.9 cm³/mol. The van der Waals surface area contributed by atoms with Crippen LogP contribution in [0.1, 0.15) is 70.6 Å². The maximum absolute atomic E-state index is 12.1. The van der Waals surface area contributed by atoms with Gasteiger partial charge in [-0.15, -0.1) is 0 Å². The van der Waals surface area contributed by atoms with Gasteiger partial charge in [-0.3, -0.25) is 9.59 Å². The summed E-state index contributed by atoms with van der Waals surface area (Å²) in [5.74, 6) is 0.112. The molecule has 2 fully saturated rings. The van der Waals surface area contributed by atoms with Crippen LogP contribution >= 0.6 is 0 Å². The Bertz CT molecular complexity index is 342. The van der Waals surface area contributed by atoms with Crippen molar-refractivity contribution < 1.29 is 14.7 Å². The van der Waals surface area contributed by atoms with Crippen molar-refractivity contribution in [1.82, 2.24) is 5.32 Å². The average molecular weight is 295 g/mol.